The molecule has 29 heavy (non-hydrogen) atoms. The number of pyridine rings is 2. The van der Waals surface area contributed by atoms with Crippen molar-refractivity contribution in [2.45, 2.75) is 38.6 Å². The Bertz CT molecular complexity index is 1210. The van der Waals surface area contributed by atoms with Gasteiger partial charge < -0.3 is 4.90 Å². The number of nitrogens with zero attached hydrogens (tertiary/aromatic N) is 7. The minimum Gasteiger partial charge on any atom is -0.350 e. The average Bonchev–Trinajstić information content (AvgIpc) is 3.51. The van der Waals surface area contributed by atoms with Gasteiger partial charge in [0.25, 0.3) is 0 Å². The summed E-state index contributed by atoms with van der Waals surface area (Å²) in [6, 6.07) is 8.64. The lowest BCUT2D eigenvalue weighted by atomic mass is 10.0. The molecule has 4 aromatic rings. The van der Waals surface area contributed by atoms with Gasteiger partial charge in [0.2, 0.25) is 0 Å². The summed E-state index contributed by atoms with van der Waals surface area (Å²) in [6.07, 6.45) is 9.08. The molecule has 0 amide bonds. The number of aromatic nitrogens is 6. The molecule has 1 fully saturated rings. The molecule has 0 spiro atoms. The van der Waals surface area contributed by atoms with E-state index >= 15 is 0 Å². The molecule has 0 aromatic carbocycles. The van der Waals surface area contributed by atoms with Crippen molar-refractivity contribution in [1.29, 1.82) is 0 Å². The average molecular weight is 383 g/mol. The van der Waals surface area contributed by atoms with Gasteiger partial charge in [-0.1, -0.05) is 6.07 Å². The Morgan fingerprint density at radius 1 is 1.03 bits per heavy atom. The van der Waals surface area contributed by atoms with Crippen molar-refractivity contribution in [3.8, 4) is 11.1 Å². The summed E-state index contributed by atoms with van der Waals surface area (Å²) >= 11 is 0. The molecule has 1 aliphatic carbocycles. The van der Waals surface area contributed by atoms with Crippen molar-refractivity contribution < 1.29 is 0 Å². The lowest BCUT2D eigenvalue weighted by molar-refractivity contribution is 0.689. The van der Waals surface area contributed by atoms with Crippen LogP contribution >= 0.6 is 0 Å². The fraction of sp³-hybridized carbons (Fsp3) is 0.318. The van der Waals surface area contributed by atoms with Crippen LogP contribution in [0.5, 0.6) is 0 Å². The highest BCUT2D eigenvalue weighted by molar-refractivity contribution is 5.63. The van der Waals surface area contributed by atoms with Crippen molar-refractivity contribution in [3.63, 3.8) is 0 Å². The van der Waals surface area contributed by atoms with Gasteiger partial charge in [0.05, 0.1) is 0 Å². The van der Waals surface area contributed by atoms with Crippen molar-refractivity contribution in [3.05, 3.63) is 65.5 Å². The third-order valence-electron chi connectivity index (χ3n) is 5.91. The molecule has 0 radical (unpaired) electrons. The minimum absolute atomic E-state index is 0.679. The predicted octanol–water partition coefficient (Wildman–Crippen LogP) is 3.33. The van der Waals surface area contributed by atoms with E-state index in [1.807, 2.05) is 18.5 Å². The Balaban J connectivity index is 1.31. The molecule has 144 valence electrons. The number of aryl methyl sites for hydroxylation is 1. The first-order chi connectivity index (χ1) is 14.2. The zero-order valence-corrected chi connectivity index (χ0v) is 16.3. The smallest absolute Gasteiger partial charge is 0.177 e. The van der Waals surface area contributed by atoms with Crippen molar-refractivity contribution in [1.82, 2.24) is 29.8 Å². The highest BCUT2D eigenvalue weighted by Crippen LogP contribution is 2.39. The number of anilines is 1. The summed E-state index contributed by atoms with van der Waals surface area (Å²) < 4.78 is 1.74. The molecule has 1 saturated carbocycles. The molecule has 0 N–H and O–H groups in total. The van der Waals surface area contributed by atoms with Gasteiger partial charge >= 0.3 is 0 Å². The molecule has 4 aromatic heterocycles. The third kappa shape index (κ3) is 2.93. The van der Waals surface area contributed by atoms with Gasteiger partial charge in [-0.25, -0.2) is 0 Å². The molecule has 0 unspecified atom stereocenters. The van der Waals surface area contributed by atoms with Gasteiger partial charge in [-0.3, -0.25) is 9.97 Å². The minimum atomic E-state index is 0.679. The highest BCUT2D eigenvalue weighted by Gasteiger charge is 2.25. The quantitative estimate of drug-likeness (QED) is 0.540. The van der Waals surface area contributed by atoms with Crippen molar-refractivity contribution >= 4 is 11.5 Å². The van der Waals surface area contributed by atoms with Crippen LogP contribution in [0.25, 0.3) is 16.8 Å². The van der Waals surface area contributed by atoms with E-state index in [4.69, 9.17) is 10.1 Å². The predicted molar refractivity (Wildman–Crippen MR) is 110 cm³/mol. The largest absolute Gasteiger partial charge is 0.350 e. The van der Waals surface area contributed by atoms with E-state index < -0.39 is 0 Å². The Morgan fingerprint density at radius 2 is 1.93 bits per heavy atom. The first-order valence-corrected chi connectivity index (χ1v) is 10.1. The lowest BCUT2D eigenvalue weighted by Crippen LogP contribution is -2.32. The highest BCUT2D eigenvalue weighted by atomic mass is 15.4. The Labute approximate surface area is 168 Å². The molecule has 0 bridgehead atoms. The van der Waals surface area contributed by atoms with Gasteiger partial charge in [-0.05, 0) is 49.1 Å². The van der Waals surface area contributed by atoms with Crippen LogP contribution in [-0.4, -0.2) is 36.3 Å². The number of hydrogen-bond acceptors (Lipinski definition) is 6. The Morgan fingerprint density at radius 3 is 2.76 bits per heavy atom. The van der Waals surface area contributed by atoms with Crippen LogP contribution in [-0.2, 0) is 13.0 Å². The van der Waals surface area contributed by atoms with E-state index in [1.165, 1.54) is 29.8 Å². The van der Waals surface area contributed by atoms with Crippen LogP contribution in [0.2, 0.25) is 0 Å². The summed E-state index contributed by atoms with van der Waals surface area (Å²) in [5.74, 6) is 1.65. The summed E-state index contributed by atoms with van der Waals surface area (Å²) in [6.45, 7) is 3.78. The molecular weight excluding hydrogens is 362 g/mol. The van der Waals surface area contributed by atoms with E-state index in [0.717, 1.165) is 47.7 Å². The van der Waals surface area contributed by atoms with E-state index in [-0.39, 0.29) is 0 Å². The van der Waals surface area contributed by atoms with Gasteiger partial charge in [-0.15, -0.1) is 15.3 Å². The molecule has 0 saturated heterocycles. The van der Waals surface area contributed by atoms with Crippen molar-refractivity contribution in [2.24, 2.45) is 0 Å². The van der Waals surface area contributed by atoms with Crippen LogP contribution in [0.3, 0.4) is 0 Å². The summed E-state index contributed by atoms with van der Waals surface area (Å²) in [5, 5.41) is 12.8. The summed E-state index contributed by atoms with van der Waals surface area (Å²) in [7, 11) is 0. The molecule has 1 aliphatic heterocycles. The first-order valence-electron chi connectivity index (χ1n) is 10.1. The maximum atomic E-state index is 4.76. The second-order valence-corrected chi connectivity index (χ2v) is 8.03. The first kappa shape index (κ1) is 16.6. The lowest BCUT2D eigenvalue weighted by Gasteiger charge is -2.30. The molecule has 7 nitrogen and oxygen atoms in total. The number of fused-ring (bicyclic) bond motifs is 2. The molecule has 0 atom stereocenters. The van der Waals surface area contributed by atoms with Crippen LogP contribution in [0.15, 0.2) is 43.0 Å². The van der Waals surface area contributed by atoms with Gasteiger partial charge in [0, 0.05) is 60.3 Å². The Hall–Kier alpha value is -3.35. The number of hydrogen-bond donors (Lipinski definition) is 0. The molecule has 2 aliphatic rings. The SMILES string of the molecule is Cc1cc2nncn2nc1N1CCc2ncc(-c3ccc(C4CC4)nc3)cc2C1. The number of rotatable bonds is 3. The monoisotopic (exact) mass is 383 g/mol. The zero-order chi connectivity index (χ0) is 19.4. The topological polar surface area (TPSA) is 72.1 Å². The molecular formula is C22H21N7. The van der Waals surface area contributed by atoms with Crippen LogP contribution < -0.4 is 4.90 Å². The second kappa shape index (κ2) is 6.34. The van der Waals surface area contributed by atoms with E-state index in [0.29, 0.717) is 5.92 Å². The standard InChI is InChI=1S/C22H21N7/c1-14-8-21-26-25-13-29(21)27-22(14)28-7-6-20-18(12-28)9-17(11-24-20)16-4-5-19(23-10-16)15-2-3-15/h4-5,8-11,13,15H,2-3,6-7,12H2,1H3. The molecule has 6 rings (SSSR count). The van der Waals surface area contributed by atoms with E-state index in [9.17, 15) is 0 Å². The maximum Gasteiger partial charge on any atom is 0.177 e. The fourth-order valence-corrected chi connectivity index (χ4v) is 4.12. The van der Waals surface area contributed by atoms with Gasteiger partial charge in [0.1, 0.15) is 6.33 Å². The second-order valence-electron chi connectivity index (χ2n) is 8.03. The summed E-state index contributed by atoms with van der Waals surface area (Å²) in [4.78, 5) is 11.7. The van der Waals surface area contributed by atoms with Gasteiger partial charge in [0.15, 0.2) is 11.5 Å². The zero-order valence-electron chi connectivity index (χ0n) is 16.3. The molecule has 5 heterocycles. The van der Waals surface area contributed by atoms with Gasteiger partial charge in [-0.2, -0.15) is 4.52 Å². The van der Waals surface area contributed by atoms with Crippen LogP contribution in [0, 0.1) is 6.92 Å². The van der Waals surface area contributed by atoms with Crippen molar-refractivity contribution in [2.75, 3.05) is 11.4 Å². The Kier molecular flexibility index (Phi) is 3.62. The normalized spacial score (nSPS) is 16.2. The van der Waals surface area contributed by atoms with E-state index in [2.05, 4.69) is 45.2 Å². The third-order valence-corrected chi connectivity index (χ3v) is 5.91. The fourth-order valence-electron chi connectivity index (χ4n) is 4.12. The molecule has 7 heteroatoms. The van der Waals surface area contributed by atoms with Crippen LogP contribution in [0.1, 0.15) is 41.3 Å². The van der Waals surface area contributed by atoms with Crippen LogP contribution in [0.4, 0.5) is 5.82 Å². The maximum absolute atomic E-state index is 4.76. The van der Waals surface area contributed by atoms with E-state index in [1.54, 1.807) is 10.8 Å². The summed E-state index contributed by atoms with van der Waals surface area (Å²) in [5.41, 5.74) is 7.78.